The first kappa shape index (κ1) is 7.80. The molecule has 0 saturated heterocycles. The van der Waals surface area contributed by atoms with Crippen LogP contribution < -0.4 is 0 Å². The summed E-state index contributed by atoms with van der Waals surface area (Å²) in [6.07, 6.45) is 1.88. The van der Waals surface area contributed by atoms with Crippen LogP contribution in [-0.2, 0) is 6.54 Å². The Kier molecular flexibility index (Phi) is 2.13. The van der Waals surface area contributed by atoms with E-state index >= 15 is 0 Å². The standard InChI is InChI=1S/C9H9BrN2/c10-5-6-12-7-11-8-3-1-2-4-9(8)12/h1-4,7H,5-6H2. The Bertz CT molecular complexity index is 381. The van der Waals surface area contributed by atoms with Gasteiger partial charge in [0.2, 0.25) is 0 Å². The number of rotatable bonds is 2. The molecule has 0 fully saturated rings. The molecule has 2 nitrogen and oxygen atoms in total. The molecule has 0 N–H and O–H groups in total. The number of halogens is 1. The lowest BCUT2D eigenvalue weighted by atomic mass is 10.3. The molecule has 0 spiro atoms. The highest BCUT2D eigenvalue weighted by Gasteiger charge is 1.98. The molecule has 0 radical (unpaired) electrons. The van der Waals surface area contributed by atoms with Gasteiger partial charge in [0.25, 0.3) is 0 Å². The Hall–Kier alpha value is -0.830. The van der Waals surface area contributed by atoms with Gasteiger partial charge < -0.3 is 4.57 Å². The number of hydrogen-bond acceptors (Lipinski definition) is 1. The lowest BCUT2D eigenvalue weighted by Gasteiger charge is -1.98. The van der Waals surface area contributed by atoms with E-state index in [0.29, 0.717) is 0 Å². The van der Waals surface area contributed by atoms with Crippen molar-refractivity contribution in [3.8, 4) is 0 Å². The van der Waals surface area contributed by atoms with Crippen LogP contribution in [0.3, 0.4) is 0 Å². The maximum Gasteiger partial charge on any atom is 0.0958 e. The number of para-hydroxylation sites is 2. The molecule has 12 heavy (non-hydrogen) atoms. The first-order valence-corrected chi connectivity index (χ1v) is 5.00. The highest BCUT2D eigenvalue weighted by molar-refractivity contribution is 9.09. The normalized spacial score (nSPS) is 10.8. The lowest BCUT2D eigenvalue weighted by Crippen LogP contribution is -1.95. The summed E-state index contributed by atoms with van der Waals surface area (Å²) in [5.41, 5.74) is 2.27. The molecule has 0 aliphatic rings. The van der Waals surface area contributed by atoms with Crippen molar-refractivity contribution < 1.29 is 0 Å². The van der Waals surface area contributed by atoms with Gasteiger partial charge in [-0.1, -0.05) is 28.1 Å². The molecule has 1 aromatic carbocycles. The van der Waals surface area contributed by atoms with Gasteiger partial charge in [-0.3, -0.25) is 0 Å². The van der Waals surface area contributed by atoms with Crippen LogP contribution in [0.1, 0.15) is 0 Å². The van der Waals surface area contributed by atoms with E-state index in [-0.39, 0.29) is 0 Å². The molecule has 0 atom stereocenters. The van der Waals surface area contributed by atoms with Gasteiger partial charge in [-0.2, -0.15) is 0 Å². The fraction of sp³-hybridized carbons (Fsp3) is 0.222. The average molecular weight is 225 g/mol. The van der Waals surface area contributed by atoms with E-state index in [9.17, 15) is 0 Å². The van der Waals surface area contributed by atoms with Gasteiger partial charge in [-0.25, -0.2) is 4.98 Å². The Morgan fingerprint density at radius 1 is 1.33 bits per heavy atom. The number of benzene rings is 1. The fourth-order valence-corrected chi connectivity index (χ4v) is 1.66. The van der Waals surface area contributed by atoms with Gasteiger partial charge in [0.1, 0.15) is 0 Å². The van der Waals surface area contributed by atoms with E-state index in [2.05, 4.69) is 31.5 Å². The first-order valence-electron chi connectivity index (χ1n) is 3.87. The van der Waals surface area contributed by atoms with Crippen LogP contribution in [0.5, 0.6) is 0 Å². The van der Waals surface area contributed by atoms with Crippen molar-refractivity contribution in [3.63, 3.8) is 0 Å². The van der Waals surface area contributed by atoms with Crippen LogP contribution in [-0.4, -0.2) is 14.9 Å². The number of aryl methyl sites for hydroxylation is 1. The summed E-state index contributed by atoms with van der Waals surface area (Å²) in [6.45, 7) is 0.973. The molecule has 0 aliphatic heterocycles. The Balaban J connectivity index is 2.55. The van der Waals surface area contributed by atoms with E-state index in [1.807, 2.05) is 24.5 Å². The third-order valence-electron chi connectivity index (χ3n) is 1.85. The van der Waals surface area contributed by atoms with Crippen molar-refractivity contribution in [3.05, 3.63) is 30.6 Å². The summed E-state index contributed by atoms with van der Waals surface area (Å²) in [5.74, 6) is 0. The molecule has 0 amide bonds. The minimum Gasteiger partial charge on any atom is -0.330 e. The van der Waals surface area contributed by atoms with Crippen LogP contribution in [0.25, 0.3) is 11.0 Å². The Morgan fingerprint density at radius 3 is 3.00 bits per heavy atom. The Morgan fingerprint density at radius 2 is 2.17 bits per heavy atom. The smallest absolute Gasteiger partial charge is 0.0958 e. The van der Waals surface area contributed by atoms with Gasteiger partial charge in [-0.05, 0) is 12.1 Å². The minimum absolute atomic E-state index is 0.966. The van der Waals surface area contributed by atoms with Crippen molar-refractivity contribution in [2.75, 3.05) is 5.33 Å². The van der Waals surface area contributed by atoms with Gasteiger partial charge in [0.05, 0.1) is 17.4 Å². The molecule has 0 saturated carbocycles. The van der Waals surface area contributed by atoms with Crippen LogP contribution in [0, 0.1) is 0 Å². The molecule has 0 unspecified atom stereocenters. The van der Waals surface area contributed by atoms with Gasteiger partial charge in [0.15, 0.2) is 0 Å². The summed E-state index contributed by atoms with van der Waals surface area (Å²) in [4.78, 5) is 4.28. The Labute approximate surface area is 79.3 Å². The maximum absolute atomic E-state index is 4.28. The van der Waals surface area contributed by atoms with Gasteiger partial charge >= 0.3 is 0 Å². The predicted octanol–water partition coefficient (Wildman–Crippen LogP) is 2.43. The van der Waals surface area contributed by atoms with E-state index in [4.69, 9.17) is 0 Å². The fourth-order valence-electron chi connectivity index (χ4n) is 1.28. The second kappa shape index (κ2) is 3.27. The van der Waals surface area contributed by atoms with Crippen molar-refractivity contribution in [1.82, 2.24) is 9.55 Å². The third-order valence-corrected chi connectivity index (χ3v) is 2.21. The third kappa shape index (κ3) is 1.25. The minimum atomic E-state index is 0.966. The highest BCUT2D eigenvalue weighted by atomic mass is 79.9. The molecule has 1 heterocycles. The van der Waals surface area contributed by atoms with Crippen molar-refractivity contribution in [1.29, 1.82) is 0 Å². The average Bonchev–Trinajstić information content (AvgIpc) is 2.50. The lowest BCUT2D eigenvalue weighted by molar-refractivity contribution is 0.801. The summed E-state index contributed by atoms with van der Waals surface area (Å²) in [5, 5.41) is 0.966. The zero-order valence-electron chi connectivity index (χ0n) is 6.57. The molecular weight excluding hydrogens is 216 g/mol. The monoisotopic (exact) mass is 224 g/mol. The second-order valence-electron chi connectivity index (χ2n) is 2.62. The molecule has 2 aromatic rings. The van der Waals surface area contributed by atoms with Crippen LogP contribution in [0.4, 0.5) is 0 Å². The zero-order valence-corrected chi connectivity index (χ0v) is 8.16. The summed E-state index contributed by atoms with van der Waals surface area (Å²) in [6, 6.07) is 8.16. The molecule has 0 aliphatic carbocycles. The van der Waals surface area contributed by atoms with Crippen LogP contribution in [0.2, 0.25) is 0 Å². The van der Waals surface area contributed by atoms with Crippen LogP contribution >= 0.6 is 15.9 Å². The topological polar surface area (TPSA) is 17.8 Å². The SMILES string of the molecule is BrCCn1cnc2ccccc21. The largest absolute Gasteiger partial charge is 0.330 e. The molecule has 1 aromatic heterocycles. The number of alkyl halides is 1. The first-order chi connectivity index (χ1) is 5.92. The van der Waals surface area contributed by atoms with Gasteiger partial charge in [-0.15, -0.1) is 0 Å². The molecule has 62 valence electrons. The number of hydrogen-bond donors (Lipinski definition) is 0. The van der Waals surface area contributed by atoms with E-state index in [1.54, 1.807) is 0 Å². The second-order valence-corrected chi connectivity index (χ2v) is 3.41. The zero-order chi connectivity index (χ0) is 8.39. The molecule has 3 heteroatoms. The number of fused-ring (bicyclic) bond motifs is 1. The predicted molar refractivity (Wildman–Crippen MR) is 53.5 cm³/mol. The summed E-state index contributed by atoms with van der Waals surface area (Å²) in [7, 11) is 0. The van der Waals surface area contributed by atoms with Crippen molar-refractivity contribution >= 4 is 27.0 Å². The molecule has 2 rings (SSSR count). The number of imidazole rings is 1. The maximum atomic E-state index is 4.28. The van der Waals surface area contributed by atoms with E-state index in [1.165, 1.54) is 5.52 Å². The van der Waals surface area contributed by atoms with Crippen molar-refractivity contribution in [2.24, 2.45) is 0 Å². The summed E-state index contributed by atoms with van der Waals surface area (Å²) < 4.78 is 2.14. The number of nitrogens with zero attached hydrogens (tertiary/aromatic N) is 2. The number of aromatic nitrogens is 2. The van der Waals surface area contributed by atoms with E-state index in [0.717, 1.165) is 17.4 Å². The van der Waals surface area contributed by atoms with Crippen LogP contribution in [0.15, 0.2) is 30.6 Å². The molecular formula is C9H9BrN2. The van der Waals surface area contributed by atoms with E-state index < -0.39 is 0 Å². The highest BCUT2D eigenvalue weighted by Crippen LogP contribution is 2.11. The summed E-state index contributed by atoms with van der Waals surface area (Å²) >= 11 is 3.41. The quantitative estimate of drug-likeness (QED) is 0.717. The van der Waals surface area contributed by atoms with Gasteiger partial charge in [0, 0.05) is 11.9 Å². The molecule has 0 bridgehead atoms. The van der Waals surface area contributed by atoms with Crippen molar-refractivity contribution in [2.45, 2.75) is 6.54 Å².